The molecule has 0 fully saturated rings. The third-order valence-electron chi connectivity index (χ3n) is 2.66. The highest BCUT2D eigenvalue weighted by molar-refractivity contribution is 6.37. The smallest absolute Gasteiger partial charge is 0.140 e. The number of aromatic nitrogens is 2. The van der Waals surface area contributed by atoms with Gasteiger partial charge in [0.1, 0.15) is 5.15 Å². The van der Waals surface area contributed by atoms with Crippen LogP contribution in [0.4, 0.5) is 0 Å². The van der Waals surface area contributed by atoms with Crippen LogP contribution in [0.5, 0.6) is 0 Å². The molecule has 0 aliphatic heterocycles. The van der Waals surface area contributed by atoms with E-state index in [1.807, 2.05) is 24.3 Å². The van der Waals surface area contributed by atoms with Gasteiger partial charge in [0.15, 0.2) is 0 Å². The van der Waals surface area contributed by atoms with Crippen molar-refractivity contribution in [1.29, 1.82) is 0 Å². The summed E-state index contributed by atoms with van der Waals surface area (Å²) >= 11 is 18.3. The van der Waals surface area contributed by atoms with E-state index in [0.717, 1.165) is 10.9 Å². The third-order valence-corrected chi connectivity index (χ3v) is 3.56. The topological polar surface area (TPSA) is 17.8 Å². The molecule has 0 unspecified atom stereocenters. The molecule has 0 atom stereocenters. The molecule has 3 rings (SSSR count). The molecule has 2 aromatic carbocycles. The van der Waals surface area contributed by atoms with Gasteiger partial charge in [-0.05, 0) is 30.3 Å². The molecule has 0 aliphatic carbocycles. The molecule has 0 amide bonds. The first-order valence-electron chi connectivity index (χ1n) is 5.25. The van der Waals surface area contributed by atoms with Gasteiger partial charge in [0, 0.05) is 10.4 Å². The second kappa shape index (κ2) is 4.47. The maximum Gasteiger partial charge on any atom is 0.140 e. The molecule has 2 nitrogen and oxygen atoms in total. The van der Waals surface area contributed by atoms with Gasteiger partial charge in [-0.15, -0.1) is 0 Å². The molecule has 18 heavy (non-hydrogen) atoms. The molecular weight excluding hydrogens is 291 g/mol. The summed E-state index contributed by atoms with van der Waals surface area (Å²) in [6, 6.07) is 12.9. The summed E-state index contributed by atoms with van der Waals surface area (Å²) in [5.74, 6) is 0. The fourth-order valence-corrected chi connectivity index (χ4v) is 2.59. The standard InChI is InChI=1S/C13H7Cl3N2/c14-8-5-6-12(10(15)7-8)18-13(16)9-3-1-2-4-11(9)17-18/h1-7H. The molecule has 0 aliphatic rings. The predicted molar refractivity (Wildman–Crippen MR) is 76.1 cm³/mol. The van der Waals surface area contributed by atoms with Crippen molar-refractivity contribution in [3.63, 3.8) is 0 Å². The molecule has 3 aromatic rings. The number of halogens is 3. The Morgan fingerprint density at radius 3 is 2.44 bits per heavy atom. The summed E-state index contributed by atoms with van der Waals surface area (Å²) in [5, 5.41) is 6.95. The van der Waals surface area contributed by atoms with Crippen LogP contribution in [0, 0.1) is 0 Å². The van der Waals surface area contributed by atoms with Crippen LogP contribution in [0.2, 0.25) is 15.2 Å². The molecule has 0 saturated heterocycles. The molecule has 0 spiro atoms. The quantitative estimate of drug-likeness (QED) is 0.619. The first-order valence-corrected chi connectivity index (χ1v) is 6.39. The van der Waals surface area contributed by atoms with Crippen molar-refractivity contribution in [3.05, 3.63) is 57.7 Å². The van der Waals surface area contributed by atoms with Crippen molar-refractivity contribution in [2.75, 3.05) is 0 Å². The molecule has 0 N–H and O–H groups in total. The second-order valence-corrected chi connectivity index (χ2v) is 5.02. The van der Waals surface area contributed by atoms with Gasteiger partial charge in [0.25, 0.3) is 0 Å². The highest BCUT2D eigenvalue weighted by Gasteiger charge is 2.12. The molecule has 0 radical (unpaired) electrons. The van der Waals surface area contributed by atoms with Crippen LogP contribution in [0.1, 0.15) is 0 Å². The molecular formula is C13H7Cl3N2. The van der Waals surface area contributed by atoms with Crippen LogP contribution in [-0.4, -0.2) is 9.78 Å². The van der Waals surface area contributed by atoms with Crippen LogP contribution in [0.25, 0.3) is 16.6 Å². The first kappa shape index (κ1) is 11.8. The Balaban J connectivity index is 2.28. The van der Waals surface area contributed by atoms with Crippen molar-refractivity contribution in [2.45, 2.75) is 0 Å². The Bertz CT molecular complexity index is 734. The minimum absolute atomic E-state index is 0.511. The summed E-state index contributed by atoms with van der Waals surface area (Å²) in [6.45, 7) is 0. The average molecular weight is 298 g/mol. The zero-order valence-corrected chi connectivity index (χ0v) is 11.3. The average Bonchev–Trinajstić information content (AvgIpc) is 2.68. The second-order valence-electron chi connectivity index (χ2n) is 3.82. The highest BCUT2D eigenvalue weighted by Crippen LogP contribution is 2.30. The van der Waals surface area contributed by atoms with Gasteiger partial charge in [-0.1, -0.05) is 46.9 Å². The number of nitrogens with zero attached hydrogens (tertiary/aromatic N) is 2. The van der Waals surface area contributed by atoms with E-state index in [-0.39, 0.29) is 0 Å². The highest BCUT2D eigenvalue weighted by atomic mass is 35.5. The van der Waals surface area contributed by atoms with E-state index in [1.165, 1.54) is 0 Å². The lowest BCUT2D eigenvalue weighted by Gasteiger charge is -2.05. The van der Waals surface area contributed by atoms with E-state index in [2.05, 4.69) is 5.10 Å². The summed E-state index contributed by atoms with van der Waals surface area (Å²) in [7, 11) is 0. The fraction of sp³-hybridized carbons (Fsp3) is 0. The Kier molecular flexibility index (Phi) is 2.94. The number of hydrogen-bond acceptors (Lipinski definition) is 1. The summed E-state index contributed by atoms with van der Waals surface area (Å²) in [6.07, 6.45) is 0. The van der Waals surface area contributed by atoms with E-state index < -0.39 is 0 Å². The Labute approximate surface area is 119 Å². The number of fused-ring (bicyclic) bond motifs is 1. The van der Waals surface area contributed by atoms with Crippen molar-refractivity contribution < 1.29 is 0 Å². The maximum absolute atomic E-state index is 6.31. The molecule has 1 aromatic heterocycles. The summed E-state index contributed by atoms with van der Waals surface area (Å²) in [5.41, 5.74) is 1.54. The largest absolute Gasteiger partial charge is 0.219 e. The predicted octanol–water partition coefficient (Wildman–Crippen LogP) is 4.99. The van der Waals surface area contributed by atoms with Crippen molar-refractivity contribution >= 4 is 45.7 Å². The lowest BCUT2D eigenvalue weighted by atomic mass is 10.3. The van der Waals surface area contributed by atoms with E-state index >= 15 is 0 Å². The SMILES string of the molecule is Clc1ccc(-n2nc3ccccc3c2Cl)c(Cl)c1. The molecule has 0 saturated carbocycles. The first-order chi connectivity index (χ1) is 8.66. The molecule has 1 heterocycles. The van der Waals surface area contributed by atoms with Crippen LogP contribution in [-0.2, 0) is 0 Å². The van der Waals surface area contributed by atoms with Gasteiger partial charge >= 0.3 is 0 Å². The monoisotopic (exact) mass is 296 g/mol. The maximum atomic E-state index is 6.31. The van der Waals surface area contributed by atoms with E-state index in [0.29, 0.717) is 20.9 Å². The molecule has 90 valence electrons. The van der Waals surface area contributed by atoms with Crippen molar-refractivity contribution in [2.24, 2.45) is 0 Å². The zero-order chi connectivity index (χ0) is 12.7. The Morgan fingerprint density at radius 2 is 1.72 bits per heavy atom. The van der Waals surface area contributed by atoms with Gasteiger partial charge in [0.05, 0.1) is 16.2 Å². The van der Waals surface area contributed by atoms with Crippen molar-refractivity contribution in [1.82, 2.24) is 9.78 Å². The van der Waals surface area contributed by atoms with E-state index in [4.69, 9.17) is 34.8 Å². The van der Waals surface area contributed by atoms with Crippen LogP contribution in [0.3, 0.4) is 0 Å². The zero-order valence-electron chi connectivity index (χ0n) is 9.07. The van der Waals surface area contributed by atoms with Crippen LogP contribution < -0.4 is 0 Å². The molecule has 5 heteroatoms. The minimum Gasteiger partial charge on any atom is -0.219 e. The number of rotatable bonds is 1. The van der Waals surface area contributed by atoms with E-state index in [1.54, 1.807) is 22.9 Å². The minimum atomic E-state index is 0.511. The Hall–Kier alpha value is -1.22. The van der Waals surface area contributed by atoms with Gasteiger partial charge in [-0.25, -0.2) is 4.68 Å². The van der Waals surface area contributed by atoms with Gasteiger partial charge in [-0.2, -0.15) is 5.10 Å². The lowest BCUT2D eigenvalue weighted by Crippen LogP contribution is -1.96. The van der Waals surface area contributed by atoms with E-state index in [9.17, 15) is 0 Å². The van der Waals surface area contributed by atoms with Crippen LogP contribution >= 0.6 is 34.8 Å². The Morgan fingerprint density at radius 1 is 0.944 bits per heavy atom. The van der Waals surface area contributed by atoms with Crippen molar-refractivity contribution in [3.8, 4) is 5.69 Å². The van der Waals surface area contributed by atoms with Gasteiger partial charge < -0.3 is 0 Å². The molecule has 0 bridgehead atoms. The van der Waals surface area contributed by atoms with Gasteiger partial charge in [-0.3, -0.25) is 0 Å². The third kappa shape index (κ3) is 1.87. The lowest BCUT2D eigenvalue weighted by molar-refractivity contribution is 0.897. The van der Waals surface area contributed by atoms with Crippen LogP contribution in [0.15, 0.2) is 42.5 Å². The fourth-order valence-electron chi connectivity index (χ4n) is 1.81. The summed E-state index contributed by atoms with van der Waals surface area (Å²) in [4.78, 5) is 0. The summed E-state index contributed by atoms with van der Waals surface area (Å²) < 4.78 is 1.62. The number of hydrogen-bond donors (Lipinski definition) is 0. The number of benzene rings is 2. The van der Waals surface area contributed by atoms with Gasteiger partial charge in [0.2, 0.25) is 0 Å². The normalized spacial score (nSPS) is 11.1.